The highest BCUT2D eigenvalue weighted by molar-refractivity contribution is 5.97. The molecule has 2 aliphatic carbocycles. The molecule has 0 radical (unpaired) electrons. The number of fused-ring (bicyclic) bond motifs is 1. The first-order valence-electron chi connectivity index (χ1n) is 15.2. The number of piperidine rings is 1. The lowest BCUT2D eigenvalue weighted by Crippen LogP contribution is -2.53. The molecule has 2 saturated carbocycles. The molecular formula is C33H38F3N5O2. The average Bonchev–Trinajstić information content (AvgIpc) is 3.75. The van der Waals surface area contributed by atoms with Crippen LogP contribution >= 0.6 is 0 Å². The highest BCUT2D eigenvalue weighted by atomic mass is 19.4. The van der Waals surface area contributed by atoms with Gasteiger partial charge in [0.15, 0.2) is 0 Å². The zero-order chi connectivity index (χ0) is 30.3. The first-order valence-corrected chi connectivity index (χ1v) is 15.2. The van der Waals surface area contributed by atoms with Gasteiger partial charge in [0, 0.05) is 36.7 Å². The molecule has 228 valence electrons. The normalized spacial score (nSPS) is 24.2. The van der Waals surface area contributed by atoms with Crippen LogP contribution in [0, 0.1) is 18.8 Å². The number of likely N-dealkylation sites (tertiary alicyclic amines) is 1. The summed E-state index contributed by atoms with van der Waals surface area (Å²) in [5, 5.41) is 10.6. The Balaban J connectivity index is 1.36. The Hall–Kier alpha value is -3.82. The molecule has 2 heterocycles. The Bertz CT molecular complexity index is 1480. The summed E-state index contributed by atoms with van der Waals surface area (Å²) in [4.78, 5) is 30.1. The molecule has 3 fully saturated rings. The third-order valence-corrected chi connectivity index (χ3v) is 9.53. The number of nitrogens with zero attached hydrogens (tertiary/aromatic N) is 3. The fraction of sp³-hybridized carbons (Fsp3) is 0.485. The molecule has 1 aliphatic heterocycles. The minimum absolute atomic E-state index is 0.0331. The Labute approximate surface area is 249 Å². The van der Waals surface area contributed by atoms with Gasteiger partial charge in [-0.1, -0.05) is 37.5 Å². The maximum absolute atomic E-state index is 14.2. The number of carbonyl (C=O) groups is 2. The molecule has 3 aromatic rings. The lowest BCUT2D eigenvalue weighted by atomic mass is 9.76. The van der Waals surface area contributed by atoms with Gasteiger partial charge in [0.1, 0.15) is 0 Å². The van der Waals surface area contributed by atoms with Crippen molar-refractivity contribution in [2.24, 2.45) is 18.9 Å². The number of rotatable bonds is 6. The number of anilines is 2. The number of hydrogen-bond acceptors (Lipinski definition) is 4. The molecule has 2 N–H and O–H groups in total. The molecule has 7 nitrogen and oxygen atoms in total. The minimum atomic E-state index is -4.53. The van der Waals surface area contributed by atoms with Crippen molar-refractivity contribution < 1.29 is 22.8 Å². The number of carbonyl (C=O) groups excluding carboxylic acids is 2. The van der Waals surface area contributed by atoms with Gasteiger partial charge in [-0.2, -0.15) is 18.3 Å². The molecule has 2 aromatic carbocycles. The molecule has 3 aliphatic rings. The van der Waals surface area contributed by atoms with Gasteiger partial charge in [-0.25, -0.2) is 0 Å². The van der Waals surface area contributed by atoms with Crippen LogP contribution in [0.3, 0.4) is 0 Å². The number of hydrogen-bond donors (Lipinski definition) is 2. The first kappa shape index (κ1) is 29.3. The maximum Gasteiger partial charge on any atom is 0.416 e. The summed E-state index contributed by atoms with van der Waals surface area (Å²) in [6.07, 6.45) is 6.65. The van der Waals surface area contributed by atoms with E-state index in [1.54, 1.807) is 24.1 Å². The van der Waals surface area contributed by atoms with Crippen molar-refractivity contribution in [2.45, 2.75) is 82.6 Å². The molecule has 10 heteroatoms. The number of nitrogens with one attached hydrogen (secondary N) is 2. The second-order valence-electron chi connectivity index (χ2n) is 12.4. The van der Waals surface area contributed by atoms with E-state index in [1.807, 2.05) is 29.2 Å². The zero-order valence-electron chi connectivity index (χ0n) is 24.5. The van der Waals surface area contributed by atoms with Gasteiger partial charge in [-0.05, 0) is 80.3 Å². The van der Waals surface area contributed by atoms with Crippen molar-refractivity contribution in [3.05, 3.63) is 77.1 Å². The number of halogens is 3. The second kappa shape index (κ2) is 11.7. The van der Waals surface area contributed by atoms with Crippen LogP contribution in [0.4, 0.5) is 24.5 Å². The van der Waals surface area contributed by atoms with Crippen molar-refractivity contribution in [1.29, 1.82) is 0 Å². The van der Waals surface area contributed by atoms with Crippen LogP contribution in [-0.4, -0.2) is 38.6 Å². The molecule has 0 spiro atoms. The molecule has 4 atom stereocenters. The second-order valence-corrected chi connectivity index (χ2v) is 12.4. The van der Waals surface area contributed by atoms with Crippen molar-refractivity contribution >= 4 is 23.2 Å². The monoisotopic (exact) mass is 593 g/mol. The maximum atomic E-state index is 14.2. The van der Waals surface area contributed by atoms with E-state index in [0.29, 0.717) is 18.0 Å². The van der Waals surface area contributed by atoms with Crippen molar-refractivity contribution in [1.82, 2.24) is 14.7 Å². The first-order chi connectivity index (χ1) is 20.6. The molecule has 2 amide bonds. The number of benzene rings is 2. The van der Waals surface area contributed by atoms with Crippen molar-refractivity contribution in [2.75, 3.05) is 10.6 Å². The molecule has 6 rings (SSSR count). The lowest BCUT2D eigenvalue weighted by Gasteiger charge is -2.48. The van der Waals surface area contributed by atoms with E-state index in [0.717, 1.165) is 49.4 Å². The third-order valence-electron chi connectivity index (χ3n) is 9.53. The smallest absolute Gasteiger partial charge is 0.382 e. The zero-order valence-corrected chi connectivity index (χ0v) is 24.5. The third kappa shape index (κ3) is 6.01. The fourth-order valence-electron chi connectivity index (χ4n) is 7.44. The summed E-state index contributed by atoms with van der Waals surface area (Å²) in [7, 11) is 1.76. The van der Waals surface area contributed by atoms with Gasteiger partial charge in [0.05, 0.1) is 29.3 Å². The largest absolute Gasteiger partial charge is 0.416 e. The van der Waals surface area contributed by atoms with Crippen LogP contribution in [0.2, 0.25) is 0 Å². The van der Waals surface area contributed by atoms with Gasteiger partial charge in [-0.15, -0.1) is 0 Å². The van der Waals surface area contributed by atoms with E-state index in [9.17, 15) is 22.8 Å². The van der Waals surface area contributed by atoms with E-state index in [1.165, 1.54) is 31.9 Å². The van der Waals surface area contributed by atoms with Crippen LogP contribution in [-0.2, 0) is 18.0 Å². The van der Waals surface area contributed by atoms with Crippen molar-refractivity contribution in [3.63, 3.8) is 0 Å². The number of aromatic nitrogens is 2. The summed E-state index contributed by atoms with van der Waals surface area (Å²) >= 11 is 0. The van der Waals surface area contributed by atoms with Gasteiger partial charge in [0.25, 0.3) is 5.91 Å². The van der Waals surface area contributed by atoms with Gasteiger partial charge < -0.3 is 15.5 Å². The van der Waals surface area contributed by atoms with Gasteiger partial charge >= 0.3 is 6.18 Å². The molecule has 1 saturated heterocycles. The SMILES string of the molecule is Cc1ccc(NC(=O)C2CC3CCCC3N(C(=O)c3cnn(C)c3)C2c2ccc(NC3CCCC3)cc2)cc1C(F)(F)F. The van der Waals surface area contributed by atoms with Gasteiger partial charge in [-0.3, -0.25) is 14.3 Å². The average molecular weight is 594 g/mol. The molecule has 0 bridgehead atoms. The summed E-state index contributed by atoms with van der Waals surface area (Å²) in [6.45, 7) is 1.40. The quantitative estimate of drug-likeness (QED) is 0.319. The minimum Gasteiger partial charge on any atom is -0.382 e. The summed E-state index contributed by atoms with van der Waals surface area (Å²) in [5.74, 6) is -1.09. The number of alkyl halides is 3. The van der Waals surface area contributed by atoms with E-state index in [4.69, 9.17) is 0 Å². The molecule has 4 unspecified atom stereocenters. The topological polar surface area (TPSA) is 79.3 Å². The fourth-order valence-corrected chi connectivity index (χ4v) is 7.44. The molecule has 1 aromatic heterocycles. The highest BCUT2D eigenvalue weighted by Crippen LogP contribution is 2.49. The van der Waals surface area contributed by atoms with Gasteiger partial charge in [0.2, 0.25) is 5.91 Å². The highest BCUT2D eigenvalue weighted by Gasteiger charge is 2.50. The Kier molecular flexibility index (Phi) is 7.96. The lowest BCUT2D eigenvalue weighted by molar-refractivity contribution is -0.138. The summed E-state index contributed by atoms with van der Waals surface area (Å²) in [6, 6.07) is 11.7. The van der Waals surface area contributed by atoms with Crippen LogP contribution in [0.15, 0.2) is 54.9 Å². The van der Waals surface area contributed by atoms with Crippen LogP contribution in [0.1, 0.15) is 84.5 Å². The van der Waals surface area contributed by atoms with E-state index in [-0.39, 0.29) is 35.0 Å². The number of aryl methyl sites for hydroxylation is 2. The molecular weight excluding hydrogens is 555 g/mol. The number of amides is 2. The Morgan fingerprint density at radius 2 is 1.67 bits per heavy atom. The van der Waals surface area contributed by atoms with E-state index in [2.05, 4.69) is 15.7 Å². The summed E-state index contributed by atoms with van der Waals surface area (Å²) in [5.41, 5.74) is 1.69. The van der Waals surface area contributed by atoms with Crippen LogP contribution in [0.25, 0.3) is 0 Å². The standard InChI is InChI=1S/C33H38F3N5O2/c1-20-10-13-26(17-28(20)33(34,35)36)39-31(42)27-16-22-6-5-9-29(22)41(32(43)23-18-37-40(2)19-23)30(27)21-11-14-25(15-12-21)38-24-7-3-4-8-24/h10-15,17-19,22,24,27,29-30,38H,3-9,16H2,1-2H3,(H,39,42). The van der Waals surface area contributed by atoms with E-state index < -0.39 is 23.7 Å². The summed E-state index contributed by atoms with van der Waals surface area (Å²) < 4.78 is 42.5. The van der Waals surface area contributed by atoms with Crippen LogP contribution in [0.5, 0.6) is 0 Å². The van der Waals surface area contributed by atoms with E-state index >= 15 is 0 Å². The predicted molar refractivity (Wildman–Crippen MR) is 158 cm³/mol. The van der Waals surface area contributed by atoms with Crippen molar-refractivity contribution in [3.8, 4) is 0 Å². The Morgan fingerprint density at radius 1 is 0.953 bits per heavy atom. The molecule has 43 heavy (non-hydrogen) atoms. The predicted octanol–water partition coefficient (Wildman–Crippen LogP) is 7.11. The van der Waals surface area contributed by atoms with Crippen LogP contribution < -0.4 is 10.6 Å². The Morgan fingerprint density at radius 3 is 2.35 bits per heavy atom.